The Morgan fingerprint density at radius 1 is 0.971 bits per heavy atom. The molecule has 0 aliphatic carbocycles. The molecule has 0 radical (unpaired) electrons. The van der Waals surface area contributed by atoms with E-state index in [0.717, 1.165) is 24.4 Å². The number of amides is 1. The van der Waals surface area contributed by atoms with Crippen LogP contribution in [0.15, 0.2) is 48.9 Å². The van der Waals surface area contributed by atoms with Crippen LogP contribution in [-0.4, -0.2) is 39.9 Å². The van der Waals surface area contributed by atoms with Gasteiger partial charge in [0.25, 0.3) is 11.8 Å². The number of piperidine rings is 1. The van der Waals surface area contributed by atoms with Gasteiger partial charge in [0.05, 0.1) is 23.1 Å². The van der Waals surface area contributed by atoms with E-state index in [2.05, 4.69) is 25.6 Å². The van der Waals surface area contributed by atoms with Crippen LogP contribution in [0.1, 0.15) is 28.8 Å². The lowest BCUT2D eigenvalue weighted by atomic mass is 10.1. The molecule has 0 bridgehead atoms. The van der Waals surface area contributed by atoms with Gasteiger partial charge in [-0.3, -0.25) is 4.79 Å². The first-order valence-electron chi connectivity index (χ1n) is 10.4. The zero-order valence-electron chi connectivity index (χ0n) is 17.9. The van der Waals surface area contributed by atoms with Crippen molar-refractivity contribution in [2.45, 2.75) is 24.9 Å². The normalized spacial score (nSPS) is 15.5. The number of nitrogens with zero attached hydrogens (tertiary/aromatic N) is 4. The zero-order chi connectivity index (χ0) is 25.2. The van der Waals surface area contributed by atoms with E-state index in [4.69, 9.17) is 0 Å². The second kappa shape index (κ2) is 9.39. The van der Waals surface area contributed by atoms with Gasteiger partial charge in [-0.1, -0.05) is 0 Å². The number of hydrogen-bond donors (Lipinski definition) is 2. The lowest BCUT2D eigenvalue weighted by molar-refractivity contribution is -0.137. The van der Waals surface area contributed by atoms with Crippen molar-refractivity contribution < 1.29 is 31.1 Å². The van der Waals surface area contributed by atoms with Gasteiger partial charge >= 0.3 is 6.18 Å². The molecule has 184 valence electrons. The minimum atomic E-state index is -4.52. The van der Waals surface area contributed by atoms with Crippen molar-refractivity contribution in [3.63, 3.8) is 0 Å². The molecule has 0 spiro atoms. The van der Waals surface area contributed by atoms with Crippen molar-refractivity contribution in [2.24, 2.45) is 0 Å². The van der Waals surface area contributed by atoms with E-state index in [-0.39, 0.29) is 41.7 Å². The molecule has 7 nitrogen and oxygen atoms in total. The zero-order valence-corrected chi connectivity index (χ0v) is 17.9. The molecule has 1 amide bonds. The number of carbonyl (C=O) groups is 1. The molecule has 0 saturated carbocycles. The number of hydrogen-bond acceptors (Lipinski definition) is 6. The number of rotatable bonds is 5. The molecule has 4 heterocycles. The van der Waals surface area contributed by atoms with E-state index in [1.54, 1.807) is 4.90 Å². The third-order valence-electron chi connectivity index (χ3n) is 5.30. The molecule has 1 fully saturated rings. The summed E-state index contributed by atoms with van der Waals surface area (Å²) in [4.78, 5) is 25.6. The summed E-state index contributed by atoms with van der Waals surface area (Å²) in [5, 5.41) is 5.30. The Bertz CT molecular complexity index is 1210. The highest BCUT2D eigenvalue weighted by Crippen LogP contribution is 2.34. The Balaban J connectivity index is 1.49. The maximum absolute atomic E-state index is 13.8. The molecule has 3 aromatic heterocycles. The van der Waals surface area contributed by atoms with Crippen LogP contribution >= 0.6 is 0 Å². The molecule has 1 aliphatic rings. The highest BCUT2D eigenvalue weighted by molar-refractivity contribution is 6.06. The van der Waals surface area contributed by atoms with Gasteiger partial charge in [-0.25, -0.2) is 23.7 Å². The van der Waals surface area contributed by atoms with Crippen LogP contribution in [0, 0.1) is 5.95 Å². The van der Waals surface area contributed by atoms with Crippen LogP contribution in [0.4, 0.5) is 49.4 Å². The molecule has 1 saturated heterocycles. The third kappa shape index (κ3) is 5.97. The van der Waals surface area contributed by atoms with Gasteiger partial charge in [-0.05, 0) is 24.3 Å². The predicted molar refractivity (Wildman–Crippen MR) is 115 cm³/mol. The maximum atomic E-state index is 13.8. The largest absolute Gasteiger partial charge is 0.417 e. The number of pyridine rings is 3. The molecule has 0 atom stereocenters. The number of carbonyl (C=O) groups excluding carboxylic acids is 1. The smallest absolute Gasteiger partial charge is 0.369 e. The van der Waals surface area contributed by atoms with Crippen molar-refractivity contribution in [3.8, 4) is 0 Å². The molecule has 4 rings (SSSR count). The van der Waals surface area contributed by atoms with Crippen LogP contribution in [0.5, 0.6) is 0 Å². The molecule has 0 aromatic carbocycles. The summed E-state index contributed by atoms with van der Waals surface area (Å²) < 4.78 is 78.9. The number of alkyl halides is 5. The van der Waals surface area contributed by atoms with Crippen molar-refractivity contribution in [1.29, 1.82) is 0 Å². The number of halogens is 6. The fourth-order valence-electron chi connectivity index (χ4n) is 3.45. The van der Waals surface area contributed by atoms with Gasteiger partial charge in [-0.15, -0.1) is 0 Å². The van der Waals surface area contributed by atoms with E-state index in [1.165, 1.54) is 18.3 Å². The fraction of sp³-hybridized carbons (Fsp3) is 0.273. The summed E-state index contributed by atoms with van der Waals surface area (Å²) in [6.45, 7) is -0.0500. The fourth-order valence-corrected chi connectivity index (χ4v) is 3.45. The molecule has 1 aliphatic heterocycles. The van der Waals surface area contributed by atoms with Gasteiger partial charge in [0.15, 0.2) is 0 Å². The predicted octanol–water partition coefficient (Wildman–Crippen LogP) is 5.26. The Morgan fingerprint density at radius 2 is 1.71 bits per heavy atom. The summed E-state index contributed by atoms with van der Waals surface area (Å²) in [6.07, 6.45) is -2.26. The average Bonchev–Trinajstić information content (AvgIpc) is 2.80. The van der Waals surface area contributed by atoms with Crippen LogP contribution in [0.2, 0.25) is 0 Å². The van der Waals surface area contributed by atoms with Crippen molar-refractivity contribution in [1.82, 2.24) is 15.0 Å². The minimum Gasteiger partial charge on any atom is -0.369 e. The standard InChI is InChI=1S/C22H18F6N6O/c23-17-10-16(34-7-4-21(24,25)5-8-34)15(12-30-17)32-20(35)13-3-6-29-19(9-13)33-18-2-1-14(11-31-18)22(26,27)28/h1-3,6,9-12H,4-5,7-8H2,(H,32,35)(H,29,31,33). The van der Waals surface area contributed by atoms with Gasteiger partial charge in [-0.2, -0.15) is 17.6 Å². The van der Waals surface area contributed by atoms with Crippen LogP contribution in [-0.2, 0) is 6.18 Å². The Hall–Kier alpha value is -3.90. The molecule has 35 heavy (non-hydrogen) atoms. The Morgan fingerprint density at radius 3 is 2.37 bits per heavy atom. The molecule has 0 unspecified atom stereocenters. The second-order valence-corrected chi connectivity index (χ2v) is 7.81. The van der Waals surface area contributed by atoms with E-state index < -0.39 is 42.4 Å². The summed E-state index contributed by atoms with van der Waals surface area (Å²) >= 11 is 0. The first-order valence-corrected chi connectivity index (χ1v) is 10.4. The van der Waals surface area contributed by atoms with E-state index in [9.17, 15) is 31.1 Å². The second-order valence-electron chi connectivity index (χ2n) is 7.81. The molecular weight excluding hydrogens is 478 g/mol. The monoisotopic (exact) mass is 496 g/mol. The lowest BCUT2D eigenvalue weighted by Crippen LogP contribution is -2.39. The van der Waals surface area contributed by atoms with E-state index >= 15 is 0 Å². The Labute approximate surface area is 195 Å². The number of nitrogens with one attached hydrogen (secondary N) is 2. The minimum absolute atomic E-state index is 0.0250. The highest BCUT2D eigenvalue weighted by Gasteiger charge is 2.35. The summed E-state index contributed by atoms with van der Waals surface area (Å²) in [5.41, 5.74) is -0.430. The van der Waals surface area contributed by atoms with Crippen molar-refractivity contribution in [2.75, 3.05) is 28.6 Å². The number of aromatic nitrogens is 3. The highest BCUT2D eigenvalue weighted by atomic mass is 19.4. The lowest BCUT2D eigenvalue weighted by Gasteiger charge is -2.34. The first-order chi connectivity index (χ1) is 16.5. The third-order valence-corrected chi connectivity index (χ3v) is 5.30. The molecular formula is C22H18F6N6O. The maximum Gasteiger partial charge on any atom is 0.417 e. The van der Waals surface area contributed by atoms with Crippen LogP contribution in [0.3, 0.4) is 0 Å². The quantitative estimate of drug-likeness (QED) is 0.371. The first kappa shape index (κ1) is 24.2. The summed E-state index contributed by atoms with van der Waals surface area (Å²) in [7, 11) is 0. The number of anilines is 4. The SMILES string of the molecule is O=C(Nc1cnc(F)cc1N1CCC(F)(F)CC1)c1ccnc(Nc2ccc(C(F)(F)F)cn2)c1. The van der Waals surface area contributed by atoms with Crippen molar-refractivity contribution in [3.05, 3.63) is 66.0 Å². The van der Waals surface area contributed by atoms with Crippen LogP contribution in [0.25, 0.3) is 0 Å². The van der Waals surface area contributed by atoms with Crippen LogP contribution < -0.4 is 15.5 Å². The summed E-state index contributed by atoms with van der Waals surface area (Å²) in [6, 6.07) is 5.77. The van der Waals surface area contributed by atoms with Gasteiger partial charge in [0.2, 0.25) is 5.95 Å². The van der Waals surface area contributed by atoms with E-state index in [0.29, 0.717) is 6.20 Å². The molecule has 2 N–H and O–H groups in total. The van der Waals surface area contributed by atoms with E-state index in [1.807, 2.05) is 0 Å². The van der Waals surface area contributed by atoms with Gasteiger partial charge in [0.1, 0.15) is 11.6 Å². The average molecular weight is 496 g/mol. The summed E-state index contributed by atoms with van der Waals surface area (Å²) in [5.74, 6) is -4.02. The molecule has 13 heteroatoms. The van der Waals surface area contributed by atoms with Crippen molar-refractivity contribution >= 4 is 28.9 Å². The van der Waals surface area contributed by atoms with Gasteiger partial charge < -0.3 is 15.5 Å². The van der Waals surface area contributed by atoms with Gasteiger partial charge in [0, 0.05) is 50.0 Å². The molecule has 3 aromatic rings. The topological polar surface area (TPSA) is 83.0 Å². The Kier molecular flexibility index (Phi) is 6.50.